The fourth-order valence-corrected chi connectivity index (χ4v) is 5.28. The number of aromatic nitrogens is 3. The number of ketones is 1. The lowest BCUT2D eigenvalue weighted by molar-refractivity contribution is -0.384. The Kier molecular flexibility index (Phi) is 6.14. The van der Waals surface area contributed by atoms with Crippen LogP contribution in [0.15, 0.2) is 78.0 Å². The summed E-state index contributed by atoms with van der Waals surface area (Å²) in [7, 11) is 1.57. The Bertz CT molecular complexity index is 1430. The van der Waals surface area contributed by atoms with Gasteiger partial charge in [-0.15, -0.1) is 10.2 Å². The van der Waals surface area contributed by atoms with Gasteiger partial charge in [0, 0.05) is 11.6 Å². The molecule has 0 saturated heterocycles. The number of fused-ring (bicyclic) bond motifs is 1. The number of nitrogens with one attached hydrogen (secondary N) is 1. The number of para-hydroxylation sites is 1. The van der Waals surface area contributed by atoms with Crippen molar-refractivity contribution in [3.63, 3.8) is 0 Å². The number of rotatable bonds is 6. The molecule has 2 atom stereocenters. The number of benzene rings is 3. The summed E-state index contributed by atoms with van der Waals surface area (Å²) in [6.45, 7) is 0. The molecule has 1 N–H and O–H groups in total. The monoisotopic (exact) mass is 507 g/mol. The number of methoxy groups -OCH3 is 1. The number of halogens is 1. The molecule has 4 aromatic rings. The molecule has 0 fully saturated rings. The summed E-state index contributed by atoms with van der Waals surface area (Å²) in [5, 5.41) is 20.0. The van der Waals surface area contributed by atoms with Gasteiger partial charge in [-0.3, -0.25) is 14.9 Å². The van der Waals surface area contributed by atoms with Crippen molar-refractivity contribution in [1.82, 2.24) is 14.9 Å². The summed E-state index contributed by atoms with van der Waals surface area (Å²) in [6, 6.07) is 20.2. The van der Waals surface area contributed by atoms with Crippen LogP contribution in [0.2, 0.25) is 5.02 Å². The number of thioether (sulfide) groups is 1. The van der Waals surface area contributed by atoms with Crippen molar-refractivity contribution >= 4 is 34.8 Å². The number of nitro groups is 1. The second kappa shape index (κ2) is 9.40. The maximum Gasteiger partial charge on any atom is 0.288 e. The number of nitro benzene ring substituents is 1. The van der Waals surface area contributed by atoms with Crippen LogP contribution in [0.4, 0.5) is 5.69 Å². The first-order valence-corrected chi connectivity index (χ1v) is 11.8. The van der Waals surface area contributed by atoms with E-state index in [2.05, 4.69) is 15.6 Å². The van der Waals surface area contributed by atoms with Gasteiger partial charge >= 0.3 is 0 Å². The Balaban J connectivity index is 1.63. The fraction of sp³-hybridized carbons (Fsp3) is 0.125. The minimum Gasteiger partial charge on any atom is -0.496 e. The van der Waals surface area contributed by atoms with Crippen molar-refractivity contribution in [2.45, 2.75) is 16.4 Å². The highest BCUT2D eigenvalue weighted by atomic mass is 35.5. The van der Waals surface area contributed by atoms with E-state index in [1.807, 2.05) is 30.3 Å². The van der Waals surface area contributed by atoms with Crippen molar-refractivity contribution in [2.24, 2.45) is 0 Å². The number of hydrogen-bond acceptors (Lipinski definition) is 8. The van der Waals surface area contributed by atoms with Crippen molar-refractivity contribution < 1.29 is 14.5 Å². The molecular formula is C24H18ClN5O4S. The second-order valence-electron chi connectivity index (χ2n) is 7.69. The molecule has 0 spiro atoms. The van der Waals surface area contributed by atoms with Gasteiger partial charge in [0.05, 0.1) is 23.6 Å². The SMILES string of the molecule is COc1ccccc1-c1nnc2n1N[C@H](c1ccc(Cl)c([N+](=O)[O-])c1)[C@@H](C(=O)c1ccccc1)S2. The van der Waals surface area contributed by atoms with Gasteiger partial charge in [0.15, 0.2) is 11.6 Å². The molecule has 0 radical (unpaired) electrons. The molecule has 0 saturated carbocycles. The van der Waals surface area contributed by atoms with E-state index in [0.29, 0.717) is 33.4 Å². The molecule has 0 aliphatic carbocycles. The summed E-state index contributed by atoms with van der Waals surface area (Å²) in [5.41, 5.74) is 4.86. The third-order valence-electron chi connectivity index (χ3n) is 5.63. The van der Waals surface area contributed by atoms with Crippen LogP contribution >= 0.6 is 23.4 Å². The molecule has 0 bridgehead atoms. The van der Waals surface area contributed by atoms with E-state index >= 15 is 0 Å². The van der Waals surface area contributed by atoms with Crippen LogP contribution < -0.4 is 10.2 Å². The van der Waals surface area contributed by atoms with E-state index in [-0.39, 0.29) is 16.5 Å². The molecule has 11 heteroatoms. The van der Waals surface area contributed by atoms with E-state index < -0.39 is 16.2 Å². The first-order valence-electron chi connectivity index (χ1n) is 10.5. The molecule has 2 heterocycles. The smallest absolute Gasteiger partial charge is 0.288 e. The van der Waals surface area contributed by atoms with E-state index in [4.69, 9.17) is 16.3 Å². The summed E-state index contributed by atoms with van der Waals surface area (Å²) >= 11 is 7.30. The minimum atomic E-state index is -0.666. The molecule has 1 aromatic heterocycles. The van der Waals surface area contributed by atoms with E-state index in [1.54, 1.807) is 42.1 Å². The Morgan fingerprint density at radius 1 is 1.11 bits per heavy atom. The highest BCUT2D eigenvalue weighted by Gasteiger charge is 2.39. The zero-order valence-electron chi connectivity index (χ0n) is 18.3. The lowest BCUT2D eigenvalue weighted by atomic mass is 9.97. The zero-order chi connectivity index (χ0) is 24.5. The van der Waals surface area contributed by atoms with Gasteiger partial charge < -0.3 is 10.2 Å². The minimum absolute atomic E-state index is 0.0212. The van der Waals surface area contributed by atoms with Crippen LogP contribution in [0.5, 0.6) is 5.75 Å². The molecular weight excluding hydrogens is 490 g/mol. The van der Waals surface area contributed by atoms with Crippen molar-refractivity contribution in [3.8, 4) is 17.1 Å². The first-order chi connectivity index (χ1) is 17.0. The Morgan fingerprint density at radius 3 is 2.60 bits per heavy atom. The van der Waals surface area contributed by atoms with Gasteiger partial charge in [-0.2, -0.15) is 0 Å². The number of hydrogen-bond donors (Lipinski definition) is 1. The van der Waals surface area contributed by atoms with E-state index in [9.17, 15) is 14.9 Å². The van der Waals surface area contributed by atoms with Crippen molar-refractivity contribution in [1.29, 1.82) is 0 Å². The Labute approximate surface area is 209 Å². The molecule has 3 aromatic carbocycles. The number of carbonyl (C=O) groups is 1. The van der Waals surface area contributed by atoms with E-state index in [0.717, 1.165) is 0 Å². The van der Waals surface area contributed by atoms with Crippen LogP contribution in [0, 0.1) is 10.1 Å². The molecule has 9 nitrogen and oxygen atoms in total. The molecule has 1 aliphatic rings. The summed E-state index contributed by atoms with van der Waals surface area (Å²) in [6.07, 6.45) is 0. The third kappa shape index (κ3) is 4.22. The molecule has 0 amide bonds. The molecule has 35 heavy (non-hydrogen) atoms. The normalized spacial score (nSPS) is 16.7. The third-order valence-corrected chi connectivity index (χ3v) is 7.16. The molecule has 5 rings (SSSR count). The van der Waals surface area contributed by atoms with Gasteiger partial charge in [-0.05, 0) is 23.8 Å². The van der Waals surface area contributed by atoms with Crippen LogP contribution in [0.3, 0.4) is 0 Å². The van der Waals surface area contributed by atoms with Gasteiger partial charge in [0.25, 0.3) is 5.69 Å². The average Bonchev–Trinajstić information content (AvgIpc) is 3.31. The van der Waals surface area contributed by atoms with Crippen molar-refractivity contribution in [2.75, 3.05) is 12.5 Å². The van der Waals surface area contributed by atoms with Crippen LogP contribution in [0.1, 0.15) is 22.0 Å². The summed E-state index contributed by atoms with van der Waals surface area (Å²) in [5.74, 6) is 0.957. The van der Waals surface area contributed by atoms with Gasteiger partial charge in [0.1, 0.15) is 16.0 Å². The maximum absolute atomic E-state index is 13.6. The Morgan fingerprint density at radius 2 is 1.86 bits per heavy atom. The fourth-order valence-electron chi connectivity index (χ4n) is 3.94. The van der Waals surface area contributed by atoms with Gasteiger partial charge in [0.2, 0.25) is 5.16 Å². The standard InChI is InChI=1S/C24H18ClN5O4S/c1-34-19-10-6-5-9-16(19)23-26-27-24-29(23)28-20(15-11-12-17(25)18(13-15)30(32)33)22(35-24)21(31)14-7-3-2-4-8-14/h2-13,20,22,28H,1H3/t20-,22+/m1/s1. The number of ether oxygens (including phenoxy) is 1. The predicted molar refractivity (Wildman–Crippen MR) is 133 cm³/mol. The molecule has 0 unspecified atom stereocenters. The average molecular weight is 508 g/mol. The van der Waals surface area contributed by atoms with Crippen LogP contribution in [0.25, 0.3) is 11.4 Å². The quantitative estimate of drug-likeness (QED) is 0.216. The van der Waals surface area contributed by atoms with Gasteiger partial charge in [-0.25, -0.2) is 4.68 Å². The predicted octanol–water partition coefficient (Wildman–Crippen LogP) is 5.16. The highest BCUT2D eigenvalue weighted by molar-refractivity contribution is 8.00. The van der Waals surface area contributed by atoms with Crippen molar-refractivity contribution in [3.05, 3.63) is 99.1 Å². The first kappa shape index (κ1) is 22.9. The van der Waals surface area contributed by atoms with Crippen LogP contribution in [-0.2, 0) is 0 Å². The summed E-state index contributed by atoms with van der Waals surface area (Å²) < 4.78 is 7.17. The van der Waals surface area contributed by atoms with Gasteiger partial charge in [-0.1, -0.05) is 71.9 Å². The topological polar surface area (TPSA) is 112 Å². The maximum atomic E-state index is 13.6. The zero-order valence-corrected chi connectivity index (χ0v) is 19.9. The number of carbonyl (C=O) groups excluding carboxylic acids is 1. The number of Topliss-reactive ketones (excluding diaryl/α,β-unsaturated/α-hetero) is 1. The lowest BCUT2D eigenvalue weighted by Gasteiger charge is -2.33. The lowest BCUT2D eigenvalue weighted by Crippen LogP contribution is -2.39. The summed E-state index contributed by atoms with van der Waals surface area (Å²) in [4.78, 5) is 24.6. The largest absolute Gasteiger partial charge is 0.496 e. The Hall–Kier alpha value is -3.89. The highest BCUT2D eigenvalue weighted by Crippen LogP contribution is 2.42. The van der Waals surface area contributed by atoms with Crippen LogP contribution in [-0.4, -0.2) is 37.9 Å². The molecule has 176 valence electrons. The van der Waals surface area contributed by atoms with E-state index in [1.165, 1.54) is 23.9 Å². The second-order valence-corrected chi connectivity index (χ2v) is 9.20. The number of nitrogens with zero attached hydrogens (tertiary/aromatic N) is 4. The molecule has 1 aliphatic heterocycles.